The molecule has 0 fully saturated rings. The van der Waals surface area contributed by atoms with Gasteiger partial charge in [-0.2, -0.15) is 0 Å². The molecule has 1 aliphatic rings. The number of rotatable bonds is 6. The summed E-state index contributed by atoms with van der Waals surface area (Å²) < 4.78 is 44.3. The van der Waals surface area contributed by atoms with Gasteiger partial charge in [-0.25, -0.2) is 18.6 Å². The zero-order valence-corrected chi connectivity index (χ0v) is 20.5. The Labute approximate surface area is 210 Å². The molecule has 192 valence electrons. The van der Waals surface area contributed by atoms with Gasteiger partial charge in [-0.15, -0.1) is 0 Å². The number of Topliss-reactive ketones (excluding diaryl/α,β-unsaturated/α-hetero) is 1. The van der Waals surface area contributed by atoms with Crippen LogP contribution in [0, 0.1) is 18.6 Å². The fourth-order valence-electron chi connectivity index (χ4n) is 4.06. The van der Waals surface area contributed by atoms with Crippen molar-refractivity contribution in [2.24, 2.45) is 0 Å². The molecule has 9 nitrogen and oxygen atoms in total. The molecule has 0 spiro atoms. The first-order valence-corrected chi connectivity index (χ1v) is 11.1. The molecule has 0 aliphatic carbocycles. The number of methoxy groups -OCH3 is 2. The topological polar surface area (TPSA) is 117 Å². The van der Waals surface area contributed by atoms with Crippen molar-refractivity contribution >= 4 is 23.5 Å². The Morgan fingerprint density at radius 1 is 1.14 bits per heavy atom. The molecule has 1 atom stereocenters. The van der Waals surface area contributed by atoms with Crippen LogP contribution in [0.15, 0.2) is 36.7 Å². The van der Waals surface area contributed by atoms with Crippen LogP contribution in [0.1, 0.15) is 45.2 Å². The number of ketones is 1. The van der Waals surface area contributed by atoms with Crippen LogP contribution in [0.2, 0.25) is 0 Å². The molecule has 0 bridgehead atoms. The Hall–Kier alpha value is -4.25. The number of aryl methyl sites for hydroxylation is 1. The van der Waals surface area contributed by atoms with E-state index in [2.05, 4.69) is 15.3 Å². The van der Waals surface area contributed by atoms with Gasteiger partial charge < -0.3 is 19.5 Å². The average Bonchev–Trinajstić information content (AvgIpc) is 2.86. The van der Waals surface area contributed by atoms with Crippen LogP contribution < -0.4 is 10.1 Å². The van der Waals surface area contributed by atoms with Gasteiger partial charge >= 0.3 is 5.97 Å². The molecule has 3 aromatic rings. The number of benzene rings is 2. The lowest BCUT2D eigenvalue weighted by molar-refractivity contribution is -0.157. The minimum atomic E-state index is -1.46. The minimum Gasteiger partial charge on any atom is -0.475 e. The highest BCUT2D eigenvalue weighted by Crippen LogP contribution is 2.38. The molecule has 0 saturated heterocycles. The number of nitrogens with one attached hydrogen (secondary N) is 1. The maximum absolute atomic E-state index is 14.6. The standard InChI is InChI=1S/C26H23F2N3O6/c1-13-7-16-19(32)9-26(2,25(34)36-4)37-20(16)8-15(13)18-10-30-21(11-29-18)31-24(33)22-17(27)6-5-14(12-35-3)23(22)28/h5-8,10-11H,9,12H2,1-4H3,(H,30,31,33). The van der Waals surface area contributed by atoms with Gasteiger partial charge in [0.2, 0.25) is 5.60 Å². The summed E-state index contributed by atoms with van der Waals surface area (Å²) in [5, 5.41) is 2.33. The third kappa shape index (κ3) is 4.90. The summed E-state index contributed by atoms with van der Waals surface area (Å²) in [4.78, 5) is 45.8. The fourth-order valence-corrected chi connectivity index (χ4v) is 4.06. The Kier molecular flexibility index (Phi) is 6.99. The van der Waals surface area contributed by atoms with Gasteiger partial charge in [0, 0.05) is 18.2 Å². The van der Waals surface area contributed by atoms with Gasteiger partial charge in [0.15, 0.2) is 11.6 Å². The summed E-state index contributed by atoms with van der Waals surface area (Å²) in [7, 11) is 2.57. The number of aromatic nitrogens is 2. The lowest BCUT2D eigenvalue weighted by Crippen LogP contribution is -2.47. The number of anilines is 1. The van der Waals surface area contributed by atoms with Crippen LogP contribution in [0.5, 0.6) is 5.75 Å². The highest BCUT2D eigenvalue weighted by Gasteiger charge is 2.44. The van der Waals surface area contributed by atoms with Gasteiger partial charge in [-0.05, 0) is 37.6 Å². The van der Waals surface area contributed by atoms with Gasteiger partial charge in [0.1, 0.15) is 22.9 Å². The van der Waals surface area contributed by atoms with E-state index in [1.54, 1.807) is 19.1 Å². The molecule has 1 amide bonds. The Morgan fingerprint density at radius 2 is 1.89 bits per heavy atom. The molecule has 1 aromatic heterocycles. The van der Waals surface area contributed by atoms with Crippen LogP contribution in [-0.4, -0.2) is 47.4 Å². The summed E-state index contributed by atoms with van der Waals surface area (Å²) in [5.74, 6) is -3.86. The zero-order valence-electron chi connectivity index (χ0n) is 20.5. The Balaban J connectivity index is 1.60. The van der Waals surface area contributed by atoms with E-state index in [9.17, 15) is 23.2 Å². The monoisotopic (exact) mass is 511 g/mol. The van der Waals surface area contributed by atoms with E-state index in [1.165, 1.54) is 39.6 Å². The minimum absolute atomic E-state index is 0.0300. The van der Waals surface area contributed by atoms with Gasteiger partial charge in [-0.1, -0.05) is 6.07 Å². The number of amides is 1. The van der Waals surface area contributed by atoms with Crippen molar-refractivity contribution in [3.05, 3.63) is 70.5 Å². The molecule has 2 heterocycles. The predicted octanol–water partition coefficient (Wildman–Crippen LogP) is 4.03. The largest absolute Gasteiger partial charge is 0.475 e. The molecular formula is C26H23F2N3O6. The van der Waals surface area contributed by atoms with Crippen molar-refractivity contribution in [2.75, 3.05) is 19.5 Å². The van der Waals surface area contributed by atoms with Crippen molar-refractivity contribution in [1.82, 2.24) is 9.97 Å². The van der Waals surface area contributed by atoms with Crippen molar-refractivity contribution in [1.29, 1.82) is 0 Å². The molecule has 1 N–H and O–H groups in total. The number of esters is 1. The zero-order chi connectivity index (χ0) is 26.9. The number of carbonyl (C=O) groups excluding carboxylic acids is 3. The Morgan fingerprint density at radius 3 is 2.54 bits per heavy atom. The number of carbonyl (C=O) groups is 3. The molecule has 1 aliphatic heterocycles. The van der Waals surface area contributed by atoms with Gasteiger partial charge in [-0.3, -0.25) is 14.6 Å². The second kappa shape index (κ2) is 10.0. The van der Waals surface area contributed by atoms with Crippen molar-refractivity contribution in [3.63, 3.8) is 0 Å². The number of halogens is 2. The van der Waals surface area contributed by atoms with Crippen LogP contribution in [0.25, 0.3) is 11.3 Å². The third-order valence-corrected chi connectivity index (χ3v) is 5.94. The first-order valence-electron chi connectivity index (χ1n) is 11.1. The molecule has 2 aromatic carbocycles. The predicted molar refractivity (Wildman–Crippen MR) is 127 cm³/mol. The van der Waals surface area contributed by atoms with E-state index in [0.717, 1.165) is 6.07 Å². The highest BCUT2D eigenvalue weighted by atomic mass is 19.1. The molecule has 11 heteroatoms. The van der Waals surface area contributed by atoms with Crippen molar-refractivity contribution in [3.8, 4) is 17.0 Å². The first-order chi connectivity index (χ1) is 17.6. The second-order valence-corrected chi connectivity index (χ2v) is 8.66. The fraction of sp³-hybridized carbons (Fsp3) is 0.269. The van der Waals surface area contributed by atoms with E-state index < -0.39 is 34.7 Å². The van der Waals surface area contributed by atoms with Crippen LogP contribution >= 0.6 is 0 Å². The van der Waals surface area contributed by atoms with Gasteiger partial charge in [0.05, 0.1) is 43.8 Å². The van der Waals surface area contributed by atoms with E-state index in [0.29, 0.717) is 22.4 Å². The molecule has 1 unspecified atom stereocenters. The van der Waals surface area contributed by atoms with Crippen LogP contribution in [0.3, 0.4) is 0 Å². The number of nitrogens with zero attached hydrogens (tertiary/aromatic N) is 2. The molecule has 0 saturated carbocycles. The average molecular weight is 511 g/mol. The van der Waals surface area contributed by atoms with E-state index in [-0.39, 0.29) is 35.9 Å². The maximum atomic E-state index is 14.6. The number of ether oxygens (including phenoxy) is 3. The number of hydrogen-bond donors (Lipinski definition) is 1. The molecule has 37 heavy (non-hydrogen) atoms. The van der Waals surface area contributed by atoms with Crippen molar-refractivity contribution in [2.45, 2.75) is 32.5 Å². The summed E-state index contributed by atoms with van der Waals surface area (Å²) in [6, 6.07) is 5.40. The molecular weight excluding hydrogens is 488 g/mol. The van der Waals surface area contributed by atoms with Crippen LogP contribution in [-0.2, 0) is 20.9 Å². The first kappa shape index (κ1) is 25.8. The summed E-state index contributed by atoms with van der Waals surface area (Å²) in [6.07, 6.45) is 2.42. The summed E-state index contributed by atoms with van der Waals surface area (Å²) in [6.45, 7) is 3.12. The normalized spacial score (nSPS) is 16.5. The SMILES string of the molecule is COCc1ccc(F)c(C(=O)Nc2cnc(-c3cc4c(cc3C)C(=O)CC(C)(C(=O)OC)O4)cn2)c1F. The lowest BCUT2D eigenvalue weighted by Gasteiger charge is -2.32. The summed E-state index contributed by atoms with van der Waals surface area (Å²) in [5.41, 5.74) is -0.226. The summed E-state index contributed by atoms with van der Waals surface area (Å²) >= 11 is 0. The van der Waals surface area contributed by atoms with Crippen molar-refractivity contribution < 1.29 is 37.4 Å². The van der Waals surface area contributed by atoms with E-state index in [1.807, 2.05) is 0 Å². The smallest absolute Gasteiger partial charge is 0.350 e. The molecule has 0 radical (unpaired) electrons. The van der Waals surface area contributed by atoms with Crippen LogP contribution in [0.4, 0.5) is 14.6 Å². The number of fused-ring (bicyclic) bond motifs is 1. The highest BCUT2D eigenvalue weighted by molar-refractivity contribution is 6.05. The number of hydrogen-bond acceptors (Lipinski definition) is 8. The Bertz CT molecular complexity index is 1410. The van der Waals surface area contributed by atoms with E-state index >= 15 is 0 Å². The quantitative estimate of drug-likeness (QED) is 0.493. The molecule has 4 rings (SSSR count). The van der Waals surface area contributed by atoms with E-state index in [4.69, 9.17) is 14.2 Å². The van der Waals surface area contributed by atoms with Gasteiger partial charge in [0.25, 0.3) is 5.91 Å². The lowest BCUT2D eigenvalue weighted by atomic mass is 9.89. The maximum Gasteiger partial charge on any atom is 0.350 e. The third-order valence-electron chi connectivity index (χ3n) is 5.94. The second-order valence-electron chi connectivity index (χ2n) is 8.66.